The molecule has 1 fully saturated rings. The van der Waals surface area contributed by atoms with Gasteiger partial charge in [0.15, 0.2) is 5.69 Å². The SMILES string of the molecule is CC(C)(C)OC(=O)c1cnn(C2CCNCC2)n1. The van der Waals surface area contributed by atoms with Gasteiger partial charge in [-0.1, -0.05) is 0 Å². The van der Waals surface area contributed by atoms with E-state index in [4.69, 9.17) is 4.74 Å². The van der Waals surface area contributed by atoms with Crippen LogP contribution in [0.1, 0.15) is 50.1 Å². The Kier molecular flexibility index (Phi) is 3.65. The Morgan fingerprint density at radius 2 is 2.11 bits per heavy atom. The zero-order valence-corrected chi connectivity index (χ0v) is 11.1. The molecular formula is C12H20N4O2. The van der Waals surface area contributed by atoms with Crippen molar-refractivity contribution < 1.29 is 9.53 Å². The summed E-state index contributed by atoms with van der Waals surface area (Å²) in [7, 11) is 0. The molecule has 6 nitrogen and oxygen atoms in total. The quantitative estimate of drug-likeness (QED) is 0.800. The van der Waals surface area contributed by atoms with E-state index in [1.54, 1.807) is 4.80 Å². The Morgan fingerprint density at radius 1 is 1.44 bits per heavy atom. The van der Waals surface area contributed by atoms with Crippen LogP contribution in [0.25, 0.3) is 0 Å². The largest absolute Gasteiger partial charge is 0.455 e. The number of carbonyl (C=O) groups is 1. The van der Waals surface area contributed by atoms with Crippen LogP contribution in [0.5, 0.6) is 0 Å². The van der Waals surface area contributed by atoms with E-state index in [1.807, 2.05) is 20.8 Å². The Morgan fingerprint density at radius 3 is 2.72 bits per heavy atom. The molecule has 0 saturated carbocycles. The minimum absolute atomic E-state index is 0.280. The monoisotopic (exact) mass is 252 g/mol. The predicted molar refractivity (Wildman–Crippen MR) is 66.3 cm³/mol. The summed E-state index contributed by atoms with van der Waals surface area (Å²) >= 11 is 0. The maximum atomic E-state index is 11.8. The molecule has 0 spiro atoms. The first-order valence-electron chi connectivity index (χ1n) is 6.31. The maximum Gasteiger partial charge on any atom is 0.361 e. The summed E-state index contributed by atoms with van der Waals surface area (Å²) in [5.41, 5.74) is -0.223. The highest BCUT2D eigenvalue weighted by Crippen LogP contribution is 2.17. The molecule has 18 heavy (non-hydrogen) atoms. The fourth-order valence-corrected chi connectivity index (χ4v) is 1.91. The summed E-state index contributed by atoms with van der Waals surface area (Å²) in [5.74, 6) is -0.414. The fourth-order valence-electron chi connectivity index (χ4n) is 1.91. The van der Waals surface area contributed by atoms with Crippen molar-refractivity contribution in [2.75, 3.05) is 13.1 Å². The van der Waals surface area contributed by atoms with Gasteiger partial charge in [-0.05, 0) is 46.7 Å². The van der Waals surface area contributed by atoms with Crippen LogP contribution in [0.4, 0.5) is 0 Å². The lowest BCUT2D eigenvalue weighted by atomic mass is 10.1. The highest BCUT2D eigenvalue weighted by Gasteiger charge is 2.22. The van der Waals surface area contributed by atoms with E-state index in [0.717, 1.165) is 25.9 Å². The topological polar surface area (TPSA) is 69.0 Å². The average Bonchev–Trinajstić information content (AvgIpc) is 2.77. The summed E-state index contributed by atoms with van der Waals surface area (Å²) in [5, 5.41) is 11.7. The Hall–Kier alpha value is -1.43. The van der Waals surface area contributed by atoms with Crippen molar-refractivity contribution in [2.24, 2.45) is 0 Å². The minimum Gasteiger partial charge on any atom is -0.455 e. The number of nitrogens with one attached hydrogen (secondary N) is 1. The Balaban J connectivity index is 2.03. The molecule has 100 valence electrons. The van der Waals surface area contributed by atoms with Gasteiger partial charge in [-0.3, -0.25) is 0 Å². The van der Waals surface area contributed by atoms with Gasteiger partial charge in [0.05, 0.1) is 12.2 Å². The Bertz CT molecular complexity index is 416. The van der Waals surface area contributed by atoms with Gasteiger partial charge >= 0.3 is 5.97 Å². The molecular weight excluding hydrogens is 232 g/mol. The van der Waals surface area contributed by atoms with Crippen LogP contribution in [0.15, 0.2) is 6.20 Å². The van der Waals surface area contributed by atoms with E-state index in [2.05, 4.69) is 15.5 Å². The molecule has 1 aliphatic rings. The minimum atomic E-state index is -0.504. The number of nitrogens with zero attached hydrogens (tertiary/aromatic N) is 3. The van der Waals surface area contributed by atoms with Gasteiger partial charge in [0.2, 0.25) is 0 Å². The zero-order valence-electron chi connectivity index (χ0n) is 11.1. The zero-order chi connectivity index (χ0) is 13.2. The molecule has 6 heteroatoms. The number of piperidine rings is 1. The van der Waals surface area contributed by atoms with Crippen molar-refractivity contribution in [1.82, 2.24) is 20.3 Å². The first kappa shape index (κ1) is 13.0. The van der Waals surface area contributed by atoms with E-state index in [-0.39, 0.29) is 11.7 Å². The molecule has 2 heterocycles. The van der Waals surface area contributed by atoms with Gasteiger partial charge in [0, 0.05) is 0 Å². The summed E-state index contributed by atoms with van der Waals surface area (Å²) in [4.78, 5) is 13.4. The molecule has 2 rings (SSSR count). The average molecular weight is 252 g/mol. The van der Waals surface area contributed by atoms with Crippen molar-refractivity contribution in [1.29, 1.82) is 0 Å². The van der Waals surface area contributed by atoms with E-state index >= 15 is 0 Å². The van der Waals surface area contributed by atoms with Crippen molar-refractivity contribution in [3.05, 3.63) is 11.9 Å². The summed E-state index contributed by atoms with van der Waals surface area (Å²) < 4.78 is 5.26. The highest BCUT2D eigenvalue weighted by atomic mass is 16.6. The molecule has 1 N–H and O–H groups in total. The van der Waals surface area contributed by atoms with E-state index in [0.29, 0.717) is 0 Å². The van der Waals surface area contributed by atoms with Crippen LogP contribution in [0, 0.1) is 0 Å². The van der Waals surface area contributed by atoms with E-state index in [9.17, 15) is 4.79 Å². The van der Waals surface area contributed by atoms with Gasteiger partial charge in [0.1, 0.15) is 5.60 Å². The lowest BCUT2D eigenvalue weighted by Crippen LogP contribution is -2.30. The van der Waals surface area contributed by atoms with Crippen LogP contribution in [-0.2, 0) is 4.74 Å². The summed E-state index contributed by atoms with van der Waals surface area (Å²) in [6.07, 6.45) is 3.46. The standard InChI is InChI=1S/C12H20N4O2/c1-12(2,3)18-11(17)10-8-14-16(15-10)9-4-6-13-7-5-9/h8-9,13H,4-7H2,1-3H3. The number of carbonyl (C=O) groups excluding carboxylic acids is 1. The molecule has 0 amide bonds. The Labute approximate surface area is 107 Å². The normalized spacial score (nSPS) is 17.7. The molecule has 1 aliphatic heterocycles. The number of rotatable bonds is 2. The first-order valence-corrected chi connectivity index (χ1v) is 6.31. The van der Waals surface area contributed by atoms with Gasteiger partial charge in [-0.15, -0.1) is 5.10 Å². The van der Waals surface area contributed by atoms with Crippen molar-refractivity contribution >= 4 is 5.97 Å². The molecule has 1 aromatic heterocycles. The van der Waals surface area contributed by atoms with Crippen LogP contribution < -0.4 is 5.32 Å². The summed E-state index contributed by atoms with van der Waals surface area (Å²) in [6.45, 7) is 7.44. The third kappa shape index (κ3) is 3.29. The third-order valence-electron chi connectivity index (χ3n) is 2.75. The number of ether oxygens (including phenoxy) is 1. The molecule has 0 aromatic carbocycles. The smallest absolute Gasteiger partial charge is 0.361 e. The van der Waals surface area contributed by atoms with Crippen molar-refractivity contribution in [2.45, 2.75) is 45.3 Å². The van der Waals surface area contributed by atoms with Crippen molar-refractivity contribution in [3.63, 3.8) is 0 Å². The first-order chi connectivity index (χ1) is 8.46. The van der Waals surface area contributed by atoms with Crippen LogP contribution >= 0.6 is 0 Å². The molecule has 0 aliphatic carbocycles. The van der Waals surface area contributed by atoms with E-state index < -0.39 is 11.6 Å². The van der Waals surface area contributed by atoms with E-state index in [1.165, 1.54) is 6.20 Å². The molecule has 0 unspecified atom stereocenters. The second kappa shape index (κ2) is 5.06. The van der Waals surface area contributed by atoms with Crippen molar-refractivity contribution in [3.8, 4) is 0 Å². The molecule has 0 bridgehead atoms. The fraction of sp³-hybridized carbons (Fsp3) is 0.750. The molecule has 1 saturated heterocycles. The van der Waals surface area contributed by atoms with Gasteiger partial charge in [0.25, 0.3) is 0 Å². The molecule has 1 aromatic rings. The predicted octanol–water partition coefficient (Wildman–Crippen LogP) is 1.16. The van der Waals surface area contributed by atoms with Crippen LogP contribution in [0.2, 0.25) is 0 Å². The van der Waals surface area contributed by atoms with Crippen LogP contribution in [0.3, 0.4) is 0 Å². The van der Waals surface area contributed by atoms with Gasteiger partial charge in [-0.2, -0.15) is 9.90 Å². The number of hydrogen-bond donors (Lipinski definition) is 1. The lowest BCUT2D eigenvalue weighted by Gasteiger charge is -2.21. The highest BCUT2D eigenvalue weighted by molar-refractivity contribution is 5.86. The van der Waals surface area contributed by atoms with Gasteiger partial charge in [-0.25, -0.2) is 4.79 Å². The number of hydrogen-bond acceptors (Lipinski definition) is 5. The molecule has 0 radical (unpaired) electrons. The second-order valence-electron chi connectivity index (χ2n) is 5.53. The number of aromatic nitrogens is 3. The van der Waals surface area contributed by atoms with Crippen LogP contribution in [-0.4, -0.2) is 39.7 Å². The lowest BCUT2D eigenvalue weighted by molar-refractivity contribution is 0.00615. The molecule has 0 atom stereocenters. The third-order valence-corrected chi connectivity index (χ3v) is 2.75. The van der Waals surface area contributed by atoms with Gasteiger partial charge < -0.3 is 10.1 Å². The second-order valence-corrected chi connectivity index (χ2v) is 5.53. The number of esters is 1. The summed E-state index contributed by atoms with van der Waals surface area (Å²) in [6, 6.07) is 0.280. The maximum absolute atomic E-state index is 11.8.